The number of ether oxygens (including phenoxy) is 1. The first kappa shape index (κ1) is 16.6. The largest absolute Gasteiger partial charge is 0.364 e. The molecular weight excluding hydrogens is 278 g/mol. The normalized spacial score (nSPS) is 14.2. The summed E-state index contributed by atoms with van der Waals surface area (Å²) >= 11 is 5.76. The van der Waals surface area contributed by atoms with Crippen LogP contribution in [0, 0.1) is 0 Å². The fourth-order valence-electron chi connectivity index (χ4n) is 1.72. The Labute approximate surface area is 123 Å². The highest BCUT2D eigenvalue weighted by Crippen LogP contribution is 2.18. The topological polar surface area (TPSA) is 55.7 Å². The number of ketones is 1. The molecule has 108 valence electrons. The Hall–Kier alpha value is -1.48. The number of Topliss-reactive ketones (excluding diaryl/α,β-unsaturated/α-hetero) is 1. The van der Waals surface area contributed by atoms with Gasteiger partial charge in [-0.1, -0.05) is 41.9 Å². The van der Waals surface area contributed by atoms with Crippen molar-refractivity contribution in [2.24, 2.45) is 4.99 Å². The summed E-state index contributed by atoms with van der Waals surface area (Å²) < 4.78 is 5.75. The first-order valence-corrected chi connectivity index (χ1v) is 6.73. The molecule has 0 aromatic heterocycles. The molecule has 2 atom stereocenters. The molecule has 0 aliphatic rings. The molecule has 0 saturated heterocycles. The summed E-state index contributed by atoms with van der Waals surface area (Å²) in [7, 11) is 0. The van der Waals surface area contributed by atoms with Crippen molar-refractivity contribution in [1.82, 2.24) is 0 Å². The van der Waals surface area contributed by atoms with Crippen molar-refractivity contribution in [3.05, 3.63) is 35.9 Å². The lowest BCUT2D eigenvalue weighted by Crippen LogP contribution is -2.38. The van der Waals surface area contributed by atoms with Crippen LogP contribution in [0.3, 0.4) is 0 Å². The van der Waals surface area contributed by atoms with Gasteiger partial charge in [-0.15, -0.1) is 0 Å². The molecule has 0 bridgehead atoms. The van der Waals surface area contributed by atoms with E-state index in [1.165, 1.54) is 6.08 Å². The molecule has 0 heterocycles. The van der Waals surface area contributed by atoms with Crippen LogP contribution in [-0.2, 0) is 20.7 Å². The van der Waals surface area contributed by atoms with E-state index < -0.39 is 23.0 Å². The number of hydrogen-bond donors (Lipinski definition) is 0. The van der Waals surface area contributed by atoms with E-state index in [-0.39, 0.29) is 0 Å². The van der Waals surface area contributed by atoms with Gasteiger partial charge in [-0.25, -0.2) is 4.79 Å². The molecule has 0 spiro atoms. The van der Waals surface area contributed by atoms with E-state index in [2.05, 4.69) is 4.99 Å². The van der Waals surface area contributed by atoms with E-state index in [1.807, 2.05) is 51.1 Å². The Bertz CT molecular complexity index is 490. The molecule has 1 rings (SSSR count). The predicted octanol–water partition coefficient (Wildman–Crippen LogP) is 2.88. The monoisotopic (exact) mass is 295 g/mol. The van der Waals surface area contributed by atoms with E-state index >= 15 is 0 Å². The van der Waals surface area contributed by atoms with Crippen LogP contribution in [-0.4, -0.2) is 29.1 Å². The van der Waals surface area contributed by atoms with Crippen molar-refractivity contribution in [2.75, 3.05) is 0 Å². The molecule has 4 nitrogen and oxygen atoms in total. The SMILES string of the molecule is CC(C)(C)O[C@@H](Cc1ccccc1)C(=O)C(Cl)N=C=O. The maximum Gasteiger partial charge on any atom is 0.236 e. The first-order valence-electron chi connectivity index (χ1n) is 6.30. The highest BCUT2D eigenvalue weighted by Gasteiger charge is 2.30. The maximum atomic E-state index is 12.2. The van der Waals surface area contributed by atoms with Gasteiger partial charge in [0.15, 0.2) is 5.50 Å². The lowest BCUT2D eigenvalue weighted by atomic mass is 10.0. The number of halogens is 1. The zero-order valence-electron chi connectivity index (χ0n) is 11.8. The Morgan fingerprint density at radius 2 is 1.95 bits per heavy atom. The van der Waals surface area contributed by atoms with Crippen LogP contribution in [0.25, 0.3) is 0 Å². The standard InChI is InChI=1S/C15H18ClNO3/c1-15(2,3)20-12(13(19)14(16)17-10-18)9-11-7-5-4-6-8-11/h4-8,12,14H,9H2,1-3H3/t12-,14?/m0/s1. The molecule has 1 aromatic carbocycles. The van der Waals surface area contributed by atoms with Crippen molar-refractivity contribution in [3.63, 3.8) is 0 Å². The van der Waals surface area contributed by atoms with Crippen LogP contribution < -0.4 is 0 Å². The molecule has 0 radical (unpaired) electrons. The fraction of sp³-hybridized carbons (Fsp3) is 0.467. The van der Waals surface area contributed by atoms with Gasteiger partial charge in [-0.3, -0.25) is 4.79 Å². The minimum Gasteiger partial charge on any atom is -0.364 e. The van der Waals surface area contributed by atoms with E-state index in [1.54, 1.807) is 0 Å². The van der Waals surface area contributed by atoms with Crippen molar-refractivity contribution in [3.8, 4) is 0 Å². The molecule has 0 N–H and O–H groups in total. The number of carbonyl (C=O) groups is 1. The van der Waals surface area contributed by atoms with Gasteiger partial charge in [0.05, 0.1) is 5.60 Å². The van der Waals surface area contributed by atoms with E-state index in [0.29, 0.717) is 6.42 Å². The Morgan fingerprint density at radius 3 is 2.45 bits per heavy atom. The number of rotatable bonds is 6. The molecule has 0 fully saturated rings. The summed E-state index contributed by atoms with van der Waals surface area (Å²) in [4.78, 5) is 25.6. The van der Waals surface area contributed by atoms with Gasteiger partial charge in [0, 0.05) is 6.42 Å². The minimum atomic E-state index is -1.26. The smallest absolute Gasteiger partial charge is 0.236 e. The molecule has 0 aliphatic carbocycles. The average molecular weight is 296 g/mol. The molecule has 0 aliphatic heterocycles. The summed E-state index contributed by atoms with van der Waals surface area (Å²) in [5.41, 5.74) is -0.811. The zero-order valence-corrected chi connectivity index (χ0v) is 12.6. The summed E-state index contributed by atoms with van der Waals surface area (Å²) in [5, 5.41) is 0. The molecule has 0 amide bonds. The fourth-order valence-corrected chi connectivity index (χ4v) is 1.90. The van der Waals surface area contributed by atoms with Gasteiger partial charge in [0.2, 0.25) is 11.9 Å². The van der Waals surface area contributed by atoms with Gasteiger partial charge in [0.1, 0.15) is 6.10 Å². The second kappa shape index (κ2) is 7.34. The number of aliphatic imine (C=N–C) groups is 1. The molecular formula is C15H18ClNO3. The van der Waals surface area contributed by atoms with Crippen LogP contribution in [0.15, 0.2) is 35.3 Å². The maximum absolute atomic E-state index is 12.2. The third kappa shape index (κ3) is 5.66. The van der Waals surface area contributed by atoms with Crippen molar-refractivity contribution in [2.45, 2.75) is 44.4 Å². The third-order valence-electron chi connectivity index (χ3n) is 2.48. The molecule has 20 heavy (non-hydrogen) atoms. The second-order valence-corrected chi connectivity index (χ2v) is 5.78. The van der Waals surface area contributed by atoms with Crippen molar-refractivity contribution < 1.29 is 14.3 Å². The van der Waals surface area contributed by atoms with Gasteiger partial charge in [-0.05, 0) is 26.3 Å². The lowest BCUT2D eigenvalue weighted by molar-refractivity contribution is -0.139. The average Bonchev–Trinajstić information content (AvgIpc) is 2.37. The van der Waals surface area contributed by atoms with Crippen LogP contribution in [0.4, 0.5) is 0 Å². The summed E-state index contributed by atoms with van der Waals surface area (Å²) in [6.45, 7) is 5.56. The predicted molar refractivity (Wildman–Crippen MR) is 77.5 cm³/mol. The van der Waals surface area contributed by atoms with E-state index in [4.69, 9.17) is 16.3 Å². The summed E-state index contributed by atoms with van der Waals surface area (Å²) in [5.74, 6) is -0.436. The Kier molecular flexibility index (Phi) is 6.08. The number of isocyanates is 1. The first-order chi connectivity index (χ1) is 9.33. The van der Waals surface area contributed by atoms with Gasteiger partial charge < -0.3 is 4.74 Å². The zero-order chi connectivity index (χ0) is 15.2. The highest BCUT2D eigenvalue weighted by molar-refractivity contribution is 6.31. The van der Waals surface area contributed by atoms with Crippen LogP contribution in [0.2, 0.25) is 0 Å². The third-order valence-corrected chi connectivity index (χ3v) is 2.79. The van der Waals surface area contributed by atoms with Gasteiger partial charge >= 0.3 is 0 Å². The van der Waals surface area contributed by atoms with Crippen LogP contribution in [0.1, 0.15) is 26.3 Å². The number of hydrogen-bond acceptors (Lipinski definition) is 4. The van der Waals surface area contributed by atoms with Gasteiger partial charge in [-0.2, -0.15) is 4.99 Å². The number of nitrogens with zero attached hydrogens (tertiary/aromatic N) is 1. The molecule has 0 saturated carbocycles. The minimum absolute atomic E-state index is 0.383. The molecule has 1 aromatic rings. The van der Waals surface area contributed by atoms with E-state index in [9.17, 15) is 9.59 Å². The van der Waals surface area contributed by atoms with Gasteiger partial charge in [0.25, 0.3) is 0 Å². The second-order valence-electron chi connectivity index (χ2n) is 5.37. The molecule has 1 unspecified atom stereocenters. The lowest BCUT2D eigenvalue weighted by Gasteiger charge is -2.27. The summed E-state index contributed by atoms with van der Waals surface area (Å²) in [6, 6.07) is 9.47. The number of alkyl halides is 1. The van der Waals surface area contributed by atoms with E-state index in [0.717, 1.165) is 5.56 Å². The molecule has 5 heteroatoms. The van der Waals surface area contributed by atoms with Crippen molar-refractivity contribution >= 4 is 23.5 Å². The Morgan fingerprint density at radius 1 is 1.35 bits per heavy atom. The van der Waals surface area contributed by atoms with Crippen LogP contribution >= 0.6 is 11.6 Å². The Balaban J connectivity index is 2.90. The number of carbonyl (C=O) groups excluding carboxylic acids is 2. The van der Waals surface area contributed by atoms with Crippen LogP contribution in [0.5, 0.6) is 0 Å². The van der Waals surface area contributed by atoms with Crippen molar-refractivity contribution in [1.29, 1.82) is 0 Å². The quantitative estimate of drug-likeness (QED) is 0.351. The summed E-state index contributed by atoms with van der Waals surface area (Å²) in [6.07, 6.45) is 0.927. The highest BCUT2D eigenvalue weighted by atomic mass is 35.5. The number of benzene rings is 1.